The molecule has 1 unspecified atom stereocenters. The summed E-state index contributed by atoms with van der Waals surface area (Å²) in [5.41, 5.74) is 5.42. The summed E-state index contributed by atoms with van der Waals surface area (Å²) in [5.74, 6) is 0. The van der Waals surface area contributed by atoms with Gasteiger partial charge in [0, 0.05) is 10.5 Å². The van der Waals surface area contributed by atoms with Gasteiger partial charge in [-0.05, 0) is 61.6 Å². The molecular weight excluding hydrogens is 322 g/mol. The van der Waals surface area contributed by atoms with Crippen LogP contribution in [0.2, 0.25) is 0 Å². The molecule has 0 aromatic heterocycles. The third-order valence-electron chi connectivity index (χ3n) is 3.92. The van der Waals surface area contributed by atoms with Crippen LogP contribution in [0.3, 0.4) is 0 Å². The van der Waals surface area contributed by atoms with Crippen LogP contribution in [0, 0.1) is 13.8 Å². The van der Waals surface area contributed by atoms with Crippen molar-refractivity contribution >= 4 is 15.9 Å². The van der Waals surface area contributed by atoms with Crippen LogP contribution in [0.1, 0.15) is 41.6 Å². The van der Waals surface area contributed by atoms with E-state index in [2.05, 4.69) is 84.5 Å². The molecule has 0 spiro atoms. The average molecular weight is 346 g/mol. The van der Waals surface area contributed by atoms with Gasteiger partial charge in [0.15, 0.2) is 0 Å². The molecule has 0 heterocycles. The Labute approximate surface area is 136 Å². The van der Waals surface area contributed by atoms with Crippen molar-refractivity contribution in [2.75, 3.05) is 6.54 Å². The van der Waals surface area contributed by atoms with Gasteiger partial charge in [0.05, 0.1) is 0 Å². The lowest BCUT2D eigenvalue weighted by atomic mass is 9.95. The van der Waals surface area contributed by atoms with Gasteiger partial charge in [-0.1, -0.05) is 59.3 Å². The molecule has 2 aromatic rings. The Balaban J connectivity index is 2.25. The van der Waals surface area contributed by atoms with E-state index in [0.29, 0.717) is 6.04 Å². The molecule has 1 nitrogen and oxygen atoms in total. The van der Waals surface area contributed by atoms with Crippen molar-refractivity contribution in [3.8, 4) is 0 Å². The average Bonchev–Trinajstić information content (AvgIpc) is 2.48. The Morgan fingerprint density at radius 3 is 2.48 bits per heavy atom. The second-order valence-corrected chi connectivity index (χ2v) is 6.50. The molecule has 0 aliphatic heterocycles. The zero-order chi connectivity index (χ0) is 15.2. The van der Waals surface area contributed by atoms with Gasteiger partial charge in [-0.15, -0.1) is 0 Å². The van der Waals surface area contributed by atoms with Crippen molar-refractivity contribution in [1.29, 1.82) is 0 Å². The highest BCUT2D eigenvalue weighted by Gasteiger charge is 2.13. The summed E-state index contributed by atoms with van der Waals surface area (Å²) < 4.78 is 1.19. The minimum absolute atomic E-state index is 0.364. The molecule has 112 valence electrons. The van der Waals surface area contributed by atoms with E-state index >= 15 is 0 Å². The van der Waals surface area contributed by atoms with E-state index in [0.717, 1.165) is 19.4 Å². The molecule has 2 aromatic carbocycles. The van der Waals surface area contributed by atoms with Gasteiger partial charge in [0.25, 0.3) is 0 Å². The summed E-state index contributed by atoms with van der Waals surface area (Å²) in [6.45, 7) is 7.58. The number of nitrogens with one attached hydrogen (secondary N) is 1. The molecule has 1 atom stereocenters. The Morgan fingerprint density at radius 1 is 1.05 bits per heavy atom. The fraction of sp³-hybridized carbons (Fsp3) is 0.368. The first-order valence-corrected chi connectivity index (χ1v) is 8.45. The summed E-state index contributed by atoms with van der Waals surface area (Å²) in [6, 6.07) is 15.7. The molecule has 0 saturated carbocycles. The summed E-state index contributed by atoms with van der Waals surface area (Å²) in [7, 11) is 0. The lowest BCUT2D eigenvalue weighted by molar-refractivity contribution is 0.528. The first kappa shape index (κ1) is 16.3. The number of hydrogen-bond donors (Lipinski definition) is 1. The second kappa shape index (κ2) is 7.77. The molecule has 21 heavy (non-hydrogen) atoms. The van der Waals surface area contributed by atoms with Crippen molar-refractivity contribution in [2.24, 2.45) is 0 Å². The van der Waals surface area contributed by atoms with Gasteiger partial charge in [-0.2, -0.15) is 0 Å². The van der Waals surface area contributed by atoms with E-state index in [1.807, 2.05) is 0 Å². The maximum absolute atomic E-state index is 3.69. The maximum Gasteiger partial charge on any atom is 0.0361 e. The highest BCUT2D eigenvalue weighted by atomic mass is 79.9. The molecule has 0 amide bonds. The molecule has 0 fully saturated rings. The molecule has 2 rings (SSSR count). The highest BCUT2D eigenvalue weighted by molar-refractivity contribution is 9.10. The third-order valence-corrected chi connectivity index (χ3v) is 4.78. The summed E-state index contributed by atoms with van der Waals surface area (Å²) >= 11 is 3.65. The predicted molar refractivity (Wildman–Crippen MR) is 94.8 cm³/mol. The summed E-state index contributed by atoms with van der Waals surface area (Å²) in [5, 5.41) is 3.69. The molecule has 2 heteroatoms. The van der Waals surface area contributed by atoms with Gasteiger partial charge < -0.3 is 5.32 Å². The van der Waals surface area contributed by atoms with Gasteiger partial charge in [0.1, 0.15) is 0 Å². The monoisotopic (exact) mass is 345 g/mol. The van der Waals surface area contributed by atoms with Crippen molar-refractivity contribution in [2.45, 2.75) is 39.7 Å². The van der Waals surface area contributed by atoms with Crippen molar-refractivity contribution in [1.82, 2.24) is 5.32 Å². The van der Waals surface area contributed by atoms with Crippen molar-refractivity contribution in [3.05, 3.63) is 69.2 Å². The molecule has 0 aliphatic rings. The van der Waals surface area contributed by atoms with Gasteiger partial charge in [-0.3, -0.25) is 0 Å². The van der Waals surface area contributed by atoms with Crippen LogP contribution < -0.4 is 5.32 Å². The number of benzene rings is 2. The fourth-order valence-electron chi connectivity index (χ4n) is 2.51. The van der Waals surface area contributed by atoms with Gasteiger partial charge in [-0.25, -0.2) is 0 Å². The van der Waals surface area contributed by atoms with Gasteiger partial charge >= 0.3 is 0 Å². The van der Waals surface area contributed by atoms with Crippen LogP contribution >= 0.6 is 15.9 Å². The van der Waals surface area contributed by atoms with E-state index in [-0.39, 0.29) is 0 Å². The first-order chi connectivity index (χ1) is 10.1. The molecule has 0 radical (unpaired) electrons. The van der Waals surface area contributed by atoms with E-state index < -0.39 is 0 Å². The Hall–Kier alpha value is -1.12. The van der Waals surface area contributed by atoms with Crippen LogP contribution in [0.25, 0.3) is 0 Å². The summed E-state index contributed by atoms with van der Waals surface area (Å²) in [4.78, 5) is 0. The van der Waals surface area contributed by atoms with Crippen LogP contribution in [0.15, 0.2) is 46.9 Å². The maximum atomic E-state index is 3.69. The van der Waals surface area contributed by atoms with Crippen LogP contribution in [-0.2, 0) is 6.42 Å². The number of aryl methyl sites for hydroxylation is 2. The number of rotatable bonds is 6. The number of halogens is 1. The number of hydrogen-bond acceptors (Lipinski definition) is 1. The van der Waals surface area contributed by atoms with E-state index in [9.17, 15) is 0 Å². The SMILES string of the molecule is CCCNC(Cc1ccccc1C)c1ccc(C)c(Br)c1. The van der Waals surface area contributed by atoms with Crippen LogP contribution in [0.4, 0.5) is 0 Å². The highest BCUT2D eigenvalue weighted by Crippen LogP contribution is 2.25. The lowest BCUT2D eigenvalue weighted by Gasteiger charge is -2.21. The topological polar surface area (TPSA) is 12.0 Å². The summed E-state index contributed by atoms with van der Waals surface area (Å²) in [6.07, 6.45) is 2.18. The van der Waals surface area contributed by atoms with E-state index in [1.54, 1.807) is 0 Å². The first-order valence-electron chi connectivity index (χ1n) is 7.65. The fourth-order valence-corrected chi connectivity index (χ4v) is 2.91. The minimum Gasteiger partial charge on any atom is -0.310 e. The molecule has 0 saturated heterocycles. The Kier molecular flexibility index (Phi) is 6.01. The molecule has 0 aliphatic carbocycles. The normalized spacial score (nSPS) is 12.4. The minimum atomic E-state index is 0.364. The quantitative estimate of drug-likeness (QED) is 0.743. The van der Waals surface area contributed by atoms with Crippen LogP contribution in [0.5, 0.6) is 0 Å². The second-order valence-electron chi connectivity index (χ2n) is 5.65. The zero-order valence-electron chi connectivity index (χ0n) is 13.1. The Bertz CT molecular complexity index is 592. The zero-order valence-corrected chi connectivity index (χ0v) is 14.7. The molecular formula is C19H24BrN. The van der Waals surface area contributed by atoms with E-state index in [1.165, 1.54) is 26.7 Å². The third kappa shape index (κ3) is 4.42. The smallest absolute Gasteiger partial charge is 0.0361 e. The lowest BCUT2D eigenvalue weighted by Crippen LogP contribution is -2.24. The van der Waals surface area contributed by atoms with E-state index in [4.69, 9.17) is 0 Å². The van der Waals surface area contributed by atoms with Gasteiger partial charge in [0.2, 0.25) is 0 Å². The standard InChI is InChI=1S/C19H24BrN/c1-4-11-21-19(13-16-8-6-5-7-14(16)2)17-10-9-15(3)18(20)12-17/h5-10,12,19,21H,4,11,13H2,1-3H3. The van der Waals surface area contributed by atoms with Crippen molar-refractivity contribution < 1.29 is 0 Å². The predicted octanol–water partition coefficient (Wildman–Crippen LogP) is 5.35. The van der Waals surface area contributed by atoms with Crippen LogP contribution in [-0.4, -0.2) is 6.54 Å². The van der Waals surface area contributed by atoms with Crippen molar-refractivity contribution in [3.63, 3.8) is 0 Å². The largest absolute Gasteiger partial charge is 0.310 e. The Morgan fingerprint density at radius 2 is 1.81 bits per heavy atom. The molecule has 1 N–H and O–H groups in total. The molecule has 0 bridgehead atoms.